The maximum atomic E-state index is 11.5. The average Bonchev–Trinajstić information content (AvgIpc) is 2.87. The molecular formula is C17H20N6O. The number of amides is 1. The van der Waals surface area contributed by atoms with Gasteiger partial charge < -0.3 is 21.1 Å². The van der Waals surface area contributed by atoms with Crippen LogP contribution in [0.5, 0.6) is 0 Å². The Labute approximate surface area is 140 Å². The highest BCUT2D eigenvalue weighted by molar-refractivity contribution is 5.97. The van der Waals surface area contributed by atoms with Crippen LogP contribution in [0.2, 0.25) is 0 Å². The highest BCUT2D eigenvalue weighted by Crippen LogP contribution is 2.25. The summed E-state index contributed by atoms with van der Waals surface area (Å²) in [5, 5.41) is 15.2. The molecule has 0 aliphatic rings. The Morgan fingerprint density at radius 1 is 1.29 bits per heavy atom. The van der Waals surface area contributed by atoms with Crippen LogP contribution >= 0.6 is 0 Å². The van der Waals surface area contributed by atoms with Crippen molar-refractivity contribution >= 4 is 23.4 Å². The molecule has 2 rings (SSSR count). The van der Waals surface area contributed by atoms with Crippen LogP contribution in [0.3, 0.4) is 0 Å². The molecule has 0 fully saturated rings. The summed E-state index contributed by atoms with van der Waals surface area (Å²) in [6.07, 6.45) is 4.75. The van der Waals surface area contributed by atoms with E-state index in [1.54, 1.807) is 30.6 Å². The molecular weight excluding hydrogens is 304 g/mol. The third-order valence-electron chi connectivity index (χ3n) is 3.59. The molecule has 2 aromatic heterocycles. The number of nitrogens with two attached hydrogens (primary N) is 1. The fraction of sp³-hybridized carbons (Fsp3) is 0.235. The van der Waals surface area contributed by atoms with Gasteiger partial charge in [0.15, 0.2) is 5.82 Å². The minimum absolute atomic E-state index is 0.139. The molecule has 0 aromatic carbocycles. The van der Waals surface area contributed by atoms with Gasteiger partial charge in [0.1, 0.15) is 11.4 Å². The number of imidazole rings is 1. The van der Waals surface area contributed by atoms with Crippen LogP contribution in [0, 0.1) is 17.7 Å². The van der Waals surface area contributed by atoms with Gasteiger partial charge in [-0.1, -0.05) is 0 Å². The summed E-state index contributed by atoms with van der Waals surface area (Å²) in [5.41, 5.74) is 9.24. The molecule has 7 nitrogen and oxygen atoms in total. The van der Waals surface area contributed by atoms with E-state index in [2.05, 4.69) is 9.97 Å². The predicted molar refractivity (Wildman–Crippen MR) is 94.6 cm³/mol. The van der Waals surface area contributed by atoms with E-state index >= 15 is 0 Å². The summed E-state index contributed by atoms with van der Waals surface area (Å²) < 4.78 is 1.78. The Morgan fingerprint density at radius 3 is 2.50 bits per heavy atom. The van der Waals surface area contributed by atoms with Crippen molar-refractivity contribution in [1.82, 2.24) is 14.5 Å². The molecule has 24 heavy (non-hydrogen) atoms. The Balaban J connectivity index is 2.68. The van der Waals surface area contributed by atoms with Crippen LogP contribution < -0.4 is 5.73 Å². The minimum atomic E-state index is -0.624. The molecule has 0 saturated carbocycles. The van der Waals surface area contributed by atoms with Gasteiger partial charge in [0.2, 0.25) is 0 Å². The summed E-state index contributed by atoms with van der Waals surface area (Å²) >= 11 is 0. The zero-order valence-corrected chi connectivity index (χ0v) is 14.1. The zero-order valence-electron chi connectivity index (χ0n) is 14.1. The highest BCUT2D eigenvalue weighted by Gasteiger charge is 2.18. The Bertz CT molecular complexity index is 875. The molecule has 4 N–H and O–H groups in total. The first-order valence-electron chi connectivity index (χ1n) is 7.34. The predicted octanol–water partition coefficient (Wildman–Crippen LogP) is 2.33. The number of nitrogens with zero attached hydrogens (tertiary/aromatic N) is 3. The van der Waals surface area contributed by atoms with Crippen molar-refractivity contribution in [3.63, 3.8) is 0 Å². The number of allylic oxidation sites excluding steroid dienone is 2. The number of pyridine rings is 1. The van der Waals surface area contributed by atoms with E-state index in [1.165, 1.54) is 6.21 Å². The number of carbonyl (C=O) groups excluding carboxylic acids is 1. The normalized spacial score (nSPS) is 11.4. The van der Waals surface area contributed by atoms with Gasteiger partial charge >= 0.3 is 0 Å². The van der Waals surface area contributed by atoms with Crippen LogP contribution in [0.15, 0.2) is 18.3 Å². The number of hydrogen-bond acceptors (Lipinski definition) is 5. The summed E-state index contributed by atoms with van der Waals surface area (Å²) in [5.74, 6) is -0.0918. The summed E-state index contributed by atoms with van der Waals surface area (Å²) in [6.45, 7) is 5.37. The van der Waals surface area contributed by atoms with Gasteiger partial charge in [-0.2, -0.15) is 0 Å². The van der Waals surface area contributed by atoms with E-state index in [0.29, 0.717) is 28.5 Å². The third-order valence-corrected chi connectivity index (χ3v) is 3.59. The second kappa shape index (κ2) is 6.57. The number of aromatic nitrogens is 3. The number of primary amides is 1. The van der Waals surface area contributed by atoms with Crippen LogP contribution in [0.4, 0.5) is 0 Å². The van der Waals surface area contributed by atoms with Crippen LogP contribution in [0.1, 0.15) is 41.2 Å². The van der Waals surface area contributed by atoms with Crippen molar-refractivity contribution in [2.24, 2.45) is 12.8 Å². The van der Waals surface area contributed by atoms with Crippen molar-refractivity contribution < 1.29 is 4.79 Å². The van der Waals surface area contributed by atoms with Gasteiger partial charge in [0.05, 0.1) is 5.69 Å². The van der Waals surface area contributed by atoms with E-state index in [0.717, 1.165) is 11.1 Å². The third kappa shape index (κ3) is 3.29. The molecule has 0 bridgehead atoms. The smallest absolute Gasteiger partial charge is 0.267 e. The lowest BCUT2D eigenvalue weighted by Crippen LogP contribution is -2.15. The summed E-state index contributed by atoms with van der Waals surface area (Å²) in [4.78, 5) is 20.4. The van der Waals surface area contributed by atoms with Gasteiger partial charge in [-0.3, -0.25) is 4.79 Å². The lowest BCUT2D eigenvalue weighted by atomic mass is 10.1. The van der Waals surface area contributed by atoms with Crippen molar-refractivity contribution in [1.29, 1.82) is 10.8 Å². The molecule has 0 unspecified atom stereocenters. The van der Waals surface area contributed by atoms with Crippen molar-refractivity contribution in [3.05, 3.63) is 40.9 Å². The Morgan fingerprint density at radius 2 is 1.96 bits per heavy atom. The number of carbonyl (C=O) groups is 1. The zero-order chi connectivity index (χ0) is 18.0. The Hall–Kier alpha value is -3.09. The van der Waals surface area contributed by atoms with Crippen LogP contribution in [-0.4, -0.2) is 32.4 Å². The van der Waals surface area contributed by atoms with E-state index in [4.69, 9.17) is 16.6 Å². The largest absolute Gasteiger partial charge is 0.364 e. The molecule has 0 atom stereocenters. The molecule has 0 saturated heterocycles. The average molecular weight is 324 g/mol. The monoisotopic (exact) mass is 324 g/mol. The second-order valence-electron chi connectivity index (χ2n) is 5.67. The van der Waals surface area contributed by atoms with Gasteiger partial charge in [0.25, 0.3) is 5.91 Å². The lowest BCUT2D eigenvalue weighted by Gasteiger charge is -2.09. The SMILES string of the molecule is CC(=N)/C=C(\C)c1cn(C)c(-c2nc(C(N)=O)cc(C)c2C=N)n1. The minimum Gasteiger partial charge on any atom is -0.364 e. The van der Waals surface area contributed by atoms with Gasteiger partial charge in [0, 0.05) is 30.7 Å². The van der Waals surface area contributed by atoms with E-state index in [9.17, 15) is 4.79 Å². The van der Waals surface area contributed by atoms with Crippen LogP contribution in [0.25, 0.3) is 17.1 Å². The Kier molecular flexibility index (Phi) is 4.73. The number of rotatable bonds is 5. The molecule has 0 aliphatic heterocycles. The number of nitrogens with one attached hydrogen (secondary N) is 2. The van der Waals surface area contributed by atoms with E-state index in [-0.39, 0.29) is 5.69 Å². The molecule has 2 heterocycles. The van der Waals surface area contributed by atoms with E-state index < -0.39 is 5.91 Å². The molecule has 7 heteroatoms. The first-order valence-corrected chi connectivity index (χ1v) is 7.34. The fourth-order valence-electron chi connectivity index (χ4n) is 2.44. The molecule has 2 aromatic rings. The van der Waals surface area contributed by atoms with Gasteiger partial charge in [-0.05, 0) is 44.1 Å². The molecule has 1 amide bonds. The van der Waals surface area contributed by atoms with Gasteiger partial charge in [-0.25, -0.2) is 9.97 Å². The van der Waals surface area contributed by atoms with Crippen molar-refractivity contribution in [2.75, 3.05) is 0 Å². The fourth-order valence-corrected chi connectivity index (χ4v) is 2.44. The molecule has 0 spiro atoms. The summed E-state index contributed by atoms with van der Waals surface area (Å²) in [6, 6.07) is 1.57. The number of hydrogen-bond donors (Lipinski definition) is 3. The van der Waals surface area contributed by atoms with E-state index in [1.807, 2.05) is 20.2 Å². The molecule has 0 radical (unpaired) electrons. The lowest BCUT2D eigenvalue weighted by molar-refractivity contribution is 0.0995. The maximum Gasteiger partial charge on any atom is 0.267 e. The van der Waals surface area contributed by atoms with Gasteiger partial charge in [-0.15, -0.1) is 0 Å². The first kappa shape index (κ1) is 17.3. The maximum absolute atomic E-state index is 11.5. The topological polar surface area (TPSA) is 121 Å². The highest BCUT2D eigenvalue weighted by atomic mass is 16.1. The second-order valence-corrected chi connectivity index (χ2v) is 5.67. The molecule has 124 valence electrons. The van der Waals surface area contributed by atoms with Crippen molar-refractivity contribution in [3.8, 4) is 11.5 Å². The van der Waals surface area contributed by atoms with Crippen LogP contribution in [-0.2, 0) is 7.05 Å². The number of aryl methyl sites for hydroxylation is 2. The quantitative estimate of drug-likeness (QED) is 0.731. The van der Waals surface area contributed by atoms with Crippen molar-refractivity contribution in [2.45, 2.75) is 20.8 Å². The summed E-state index contributed by atoms with van der Waals surface area (Å²) in [7, 11) is 1.82. The standard InChI is InChI=1S/C17H20N6O/c1-9-6-13(16(20)24)21-15(12(9)7-18)17-22-14(8-23(17)4)10(2)5-11(3)19/h5-8,18-19H,1-4H3,(H2,20,24)/b10-5+,18-7?,19-11?. The first-order chi connectivity index (χ1) is 11.2. The molecule has 0 aliphatic carbocycles.